The molecule has 2 aliphatic heterocycles. The molecule has 8 heteroatoms. The number of nitrogens with one attached hydrogen (secondary N) is 1. The molecule has 0 spiro atoms. The molecular formula is C29H40N4O4. The topological polar surface area (TPSA) is 91.8 Å². The van der Waals surface area contributed by atoms with Crippen LogP contribution < -0.4 is 10.2 Å². The van der Waals surface area contributed by atoms with Gasteiger partial charge in [0.25, 0.3) is 0 Å². The van der Waals surface area contributed by atoms with Crippen molar-refractivity contribution < 1.29 is 19.1 Å². The molecule has 2 fully saturated rings. The Balaban J connectivity index is 1.31. The third-order valence-electron chi connectivity index (χ3n) is 7.51. The molecule has 2 aliphatic rings. The van der Waals surface area contributed by atoms with E-state index in [9.17, 15) is 14.4 Å². The average molecular weight is 509 g/mol. The van der Waals surface area contributed by atoms with Crippen LogP contribution in [0.2, 0.25) is 0 Å². The third kappa shape index (κ3) is 6.79. The van der Waals surface area contributed by atoms with Gasteiger partial charge in [0, 0.05) is 50.1 Å². The second-order valence-corrected chi connectivity index (χ2v) is 10.8. The fourth-order valence-electron chi connectivity index (χ4n) is 5.69. The van der Waals surface area contributed by atoms with Crippen molar-refractivity contribution in [2.24, 2.45) is 17.8 Å². The fourth-order valence-corrected chi connectivity index (χ4v) is 5.69. The van der Waals surface area contributed by atoms with Crippen molar-refractivity contribution in [3.8, 4) is 0 Å². The maximum atomic E-state index is 12.6. The predicted molar refractivity (Wildman–Crippen MR) is 145 cm³/mol. The summed E-state index contributed by atoms with van der Waals surface area (Å²) in [6.45, 7) is 12.0. The molecular weight excluding hydrogens is 468 g/mol. The molecule has 2 aromatic rings. The van der Waals surface area contributed by atoms with E-state index in [1.54, 1.807) is 11.8 Å². The molecule has 2 amide bonds. The number of piperidine rings is 2. The highest BCUT2D eigenvalue weighted by Gasteiger charge is 2.28. The van der Waals surface area contributed by atoms with E-state index < -0.39 is 0 Å². The highest BCUT2D eigenvalue weighted by atomic mass is 16.5. The molecule has 0 unspecified atom stereocenters. The van der Waals surface area contributed by atoms with Crippen molar-refractivity contribution in [2.45, 2.75) is 59.8 Å². The molecule has 0 aliphatic carbocycles. The number of amides is 2. The second kappa shape index (κ2) is 11.9. The number of ether oxygens (including phenoxy) is 1. The number of aryl methyl sites for hydroxylation is 1. The molecule has 1 aromatic carbocycles. The Hall–Kier alpha value is -3.16. The molecule has 2 atom stereocenters. The van der Waals surface area contributed by atoms with Crippen LogP contribution in [0.5, 0.6) is 0 Å². The van der Waals surface area contributed by atoms with Crippen molar-refractivity contribution >= 4 is 40.2 Å². The van der Waals surface area contributed by atoms with E-state index >= 15 is 0 Å². The lowest BCUT2D eigenvalue weighted by molar-refractivity contribution is -0.151. The van der Waals surface area contributed by atoms with Gasteiger partial charge in [-0.1, -0.05) is 13.8 Å². The summed E-state index contributed by atoms with van der Waals surface area (Å²) in [4.78, 5) is 46.1. The van der Waals surface area contributed by atoms with Gasteiger partial charge in [0.1, 0.15) is 5.82 Å². The van der Waals surface area contributed by atoms with Crippen LogP contribution in [0.1, 0.15) is 58.4 Å². The van der Waals surface area contributed by atoms with Crippen molar-refractivity contribution in [3.05, 3.63) is 29.8 Å². The SMILES string of the molecule is CCOC(=O)C1CCN(C(=O)CCC(=O)Nc2ccc3nc(N4C[C@H](C)C[C@@H](C)C4)cc(C)c3c2)CC1. The standard InChI is InChI=1S/C29H40N4O4/c1-5-37-29(36)22-10-12-32(13-11-22)28(35)9-8-27(34)30-23-6-7-25-24(16-23)21(4)15-26(31-25)33-17-19(2)14-20(3)18-33/h6-7,15-16,19-20,22H,5,8-14,17-18H2,1-4H3,(H,30,34)/t19-,20-/m1/s1. The third-order valence-corrected chi connectivity index (χ3v) is 7.51. The first-order chi connectivity index (χ1) is 17.7. The first-order valence-corrected chi connectivity index (χ1v) is 13.6. The number of esters is 1. The molecule has 0 radical (unpaired) electrons. The highest BCUT2D eigenvalue weighted by Crippen LogP contribution is 2.29. The number of benzene rings is 1. The Morgan fingerprint density at radius 2 is 1.76 bits per heavy atom. The minimum absolute atomic E-state index is 0.0510. The Kier molecular flexibility index (Phi) is 8.67. The second-order valence-electron chi connectivity index (χ2n) is 10.8. The summed E-state index contributed by atoms with van der Waals surface area (Å²) in [5.41, 5.74) is 2.75. The zero-order valence-electron chi connectivity index (χ0n) is 22.6. The summed E-state index contributed by atoms with van der Waals surface area (Å²) in [6.07, 6.45) is 2.75. The minimum Gasteiger partial charge on any atom is -0.466 e. The van der Waals surface area contributed by atoms with Crippen molar-refractivity contribution in [1.82, 2.24) is 9.88 Å². The Bertz CT molecular complexity index is 1130. The molecule has 0 bridgehead atoms. The summed E-state index contributed by atoms with van der Waals surface area (Å²) in [5, 5.41) is 3.95. The summed E-state index contributed by atoms with van der Waals surface area (Å²) >= 11 is 0. The van der Waals surface area contributed by atoms with Crippen LogP contribution in [0.3, 0.4) is 0 Å². The number of fused-ring (bicyclic) bond motifs is 1. The van der Waals surface area contributed by atoms with Gasteiger partial charge in [-0.25, -0.2) is 4.98 Å². The van der Waals surface area contributed by atoms with Gasteiger partial charge >= 0.3 is 5.97 Å². The zero-order chi connectivity index (χ0) is 26.5. The van der Waals surface area contributed by atoms with Crippen molar-refractivity contribution in [3.63, 3.8) is 0 Å². The van der Waals surface area contributed by atoms with Gasteiger partial charge < -0.3 is 19.9 Å². The van der Waals surface area contributed by atoms with Crippen LogP contribution in [-0.2, 0) is 19.1 Å². The van der Waals surface area contributed by atoms with E-state index in [1.807, 2.05) is 18.2 Å². The minimum atomic E-state index is -0.187. The zero-order valence-corrected chi connectivity index (χ0v) is 22.6. The number of rotatable bonds is 7. The molecule has 200 valence electrons. The van der Waals surface area contributed by atoms with Gasteiger partial charge in [0.2, 0.25) is 11.8 Å². The lowest BCUT2D eigenvalue weighted by Crippen LogP contribution is -2.40. The smallest absolute Gasteiger partial charge is 0.309 e. The average Bonchev–Trinajstić information content (AvgIpc) is 2.87. The maximum Gasteiger partial charge on any atom is 0.309 e. The quantitative estimate of drug-likeness (QED) is 0.552. The van der Waals surface area contributed by atoms with Crippen molar-refractivity contribution in [2.75, 3.05) is 43.0 Å². The van der Waals surface area contributed by atoms with E-state index in [0.29, 0.717) is 50.1 Å². The number of likely N-dealkylation sites (tertiary alicyclic amines) is 1. The largest absolute Gasteiger partial charge is 0.466 e. The lowest BCUT2D eigenvalue weighted by atomic mass is 9.92. The van der Waals surface area contributed by atoms with Crippen LogP contribution in [-0.4, -0.2) is 60.5 Å². The van der Waals surface area contributed by atoms with E-state index in [2.05, 4.69) is 37.1 Å². The van der Waals surface area contributed by atoms with E-state index in [-0.39, 0.29) is 36.5 Å². The van der Waals surface area contributed by atoms with Crippen LogP contribution >= 0.6 is 0 Å². The summed E-state index contributed by atoms with van der Waals surface area (Å²) in [6, 6.07) is 7.93. The van der Waals surface area contributed by atoms with Gasteiger partial charge in [0.05, 0.1) is 18.0 Å². The Labute approximate surface area is 219 Å². The number of hydrogen-bond acceptors (Lipinski definition) is 6. The number of hydrogen-bond donors (Lipinski definition) is 1. The van der Waals surface area contributed by atoms with Crippen LogP contribution in [0.15, 0.2) is 24.3 Å². The van der Waals surface area contributed by atoms with E-state index in [4.69, 9.17) is 9.72 Å². The fraction of sp³-hybridized carbons (Fsp3) is 0.586. The molecule has 0 saturated carbocycles. The Morgan fingerprint density at radius 1 is 1.05 bits per heavy atom. The van der Waals surface area contributed by atoms with E-state index in [0.717, 1.165) is 35.4 Å². The molecule has 3 heterocycles. The molecule has 4 rings (SSSR count). The normalized spacial score (nSPS) is 20.6. The molecule has 8 nitrogen and oxygen atoms in total. The molecule has 2 saturated heterocycles. The maximum absolute atomic E-state index is 12.6. The first-order valence-electron chi connectivity index (χ1n) is 13.6. The van der Waals surface area contributed by atoms with Crippen LogP contribution in [0.25, 0.3) is 10.9 Å². The summed E-state index contributed by atoms with van der Waals surface area (Å²) in [5.74, 6) is 1.77. The number of carbonyl (C=O) groups excluding carboxylic acids is 3. The van der Waals surface area contributed by atoms with Gasteiger partial charge in [-0.05, 0) is 74.8 Å². The number of anilines is 2. The van der Waals surface area contributed by atoms with Crippen molar-refractivity contribution in [1.29, 1.82) is 0 Å². The molecule has 1 N–H and O–H groups in total. The molecule has 1 aromatic heterocycles. The van der Waals surface area contributed by atoms with Crippen LogP contribution in [0.4, 0.5) is 11.5 Å². The summed E-state index contributed by atoms with van der Waals surface area (Å²) < 4.78 is 5.09. The van der Waals surface area contributed by atoms with E-state index in [1.165, 1.54) is 6.42 Å². The number of pyridine rings is 1. The monoisotopic (exact) mass is 508 g/mol. The van der Waals surface area contributed by atoms with Gasteiger partial charge in [-0.3, -0.25) is 14.4 Å². The van der Waals surface area contributed by atoms with Gasteiger partial charge in [0.15, 0.2) is 0 Å². The number of aromatic nitrogens is 1. The van der Waals surface area contributed by atoms with Crippen LogP contribution in [0, 0.1) is 24.7 Å². The van der Waals surface area contributed by atoms with Gasteiger partial charge in [-0.2, -0.15) is 0 Å². The molecule has 37 heavy (non-hydrogen) atoms. The summed E-state index contributed by atoms with van der Waals surface area (Å²) in [7, 11) is 0. The predicted octanol–water partition coefficient (Wildman–Crippen LogP) is 4.55. The number of carbonyl (C=O) groups is 3. The number of nitrogens with zero attached hydrogens (tertiary/aromatic N) is 3. The first kappa shape index (κ1) is 26.9. The Morgan fingerprint density at radius 3 is 2.43 bits per heavy atom. The lowest BCUT2D eigenvalue weighted by Gasteiger charge is -2.36. The van der Waals surface area contributed by atoms with Gasteiger partial charge in [-0.15, -0.1) is 0 Å². The highest BCUT2D eigenvalue weighted by molar-refractivity contribution is 5.96.